The molecule has 2 aromatic rings. The van der Waals surface area contributed by atoms with Crippen LogP contribution in [0.2, 0.25) is 0 Å². The van der Waals surface area contributed by atoms with Gasteiger partial charge in [-0.15, -0.1) is 24.0 Å². The number of anilines is 1. The van der Waals surface area contributed by atoms with Crippen LogP contribution < -0.4 is 11.1 Å². The molecule has 1 heterocycles. The van der Waals surface area contributed by atoms with E-state index in [4.69, 9.17) is 10.3 Å². The van der Waals surface area contributed by atoms with Crippen molar-refractivity contribution in [3.05, 3.63) is 46.9 Å². The van der Waals surface area contributed by atoms with E-state index in [0.29, 0.717) is 6.54 Å². The second kappa shape index (κ2) is 8.23. The third-order valence-electron chi connectivity index (χ3n) is 3.31. The molecular formula is C15H19F2IN4O. The first-order valence-corrected chi connectivity index (χ1v) is 6.83. The molecule has 1 aromatic carbocycles. The Bertz CT molecular complexity index is 683. The highest BCUT2D eigenvalue weighted by atomic mass is 127. The number of guanidine groups is 1. The zero-order valence-electron chi connectivity index (χ0n) is 13.1. The predicted molar refractivity (Wildman–Crippen MR) is 96.3 cm³/mol. The fourth-order valence-corrected chi connectivity index (χ4v) is 2.29. The summed E-state index contributed by atoms with van der Waals surface area (Å²) in [7, 11) is 0. The highest BCUT2D eigenvalue weighted by molar-refractivity contribution is 14.0. The van der Waals surface area contributed by atoms with Gasteiger partial charge in [-0.1, -0.05) is 12.1 Å². The topological polar surface area (TPSA) is 76.4 Å². The molecule has 1 unspecified atom stereocenters. The lowest BCUT2D eigenvalue weighted by Gasteiger charge is -2.10. The molecule has 0 aliphatic carbocycles. The molecule has 23 heavy (non-hydrogen) atoms. The van der Waals surface area contributed by atoms with Gasteiger partial charge in [0.05, 0.1) is 11.4 Å². The number of nitrogens with zero attached hydrogens (tertiary/aromatic N) is 2. The number of rotatable bonds is 4. The molecule has 0 radical (unpaired) electrons. The van der Waals surface area contributed by atoms with Crippen LogP contribution >= 0.6 is 24.0 Å². The monoisotopic (exact) mass is 436 g/mol. The Labute approximate surface area is 150 Å². The van der Waals surface area contributed by atoms with Gasteiger partial charge >= 0.3 is 0 Å². The van der Waals surface area contributed by atoms with Crippen molar-refractivity contribution in [2.75, 3.05) is 11.9 Å². The molecule has 2 rings (SSSR count). The lowest BCUT2D eigenvalue weighted by molar-refractivity contribution is 0.391. The first-order valence-electron chi connectivity index (χ1n) is 6.83. The Kier molecular flexibility index (Phi) is 6.92. The molecule has 126 valence electrons. The van der Waals surface area contributed by atoms with E-state index in [1.54, 1.807) is 0 Å². The lowest BCUT2D eigenvalue weighted by Crippen LogP contribution is -2.24. The summed E-state index contributed by atoms with van der Waals surface area (Å²) in [6.45, 7) is 6.03. The van der Waals surface area contributed by atoms with Gasteiger partial charge in [-0.05, 0) is 26.0 Å². The fourth-order valence-electron chi connectivity index (χ4n) is 2.29. The molecule has 0 bridgehead atoms. The number of benzene rings is 1. The average molecular weight is 436 g/mol. The van der Waals surface area contributed by atoms with Crippen LogP contribution in [0.15, 0.2) is 27.7 Å². The number of hydrogen-bond acceptors (Lipinski definition) is 3. The van der Waals surface area contributed by atoms with Crippen LogP contribution in [0.25, 0.3) is 0 Å². The van der Waals surface area contributed by atoms with Crippen LogP contribution in [0.5, 0.6) is 0 Å². The summed E-state index contributed by atoms with van der Waals surface area (Å²) >= 11 is 0. The van der Waals surface area contributed by atoms with Gasteiger partial charge in [0.25, 0.3) is 0 Å². The summed E-state index contributed by atoms with van der Waals surface area (Å²) in [5.74, 6) is -0.353. The molecule has 0 aliphatic rings. The van der Waals surface area contributed by atoms with E-state index >= 15 is 0 Å². The summed E-state index contributed by atoms with van der Waals surface area (Å²) in [5, 5.41) is 6.45. The summed E-state index contributed by atoms with van der Waals surface area (Å²) < 4.78 is 31.7. The Hall–Kier alpha value is -1.71. The SMILES string of the molecule is Cc1noc(C)c1C(C)CN=C(N)Nc1cc(F)ccc1F.I. The van der Waals surface area contributed by atoms with Gasteiger partial charge in [0.2, 0.25) is 0 Å². The van der Waals surface area contributed by atoms with Gasteiger partial charge < -0.3 is 15.6 Å². The zero-order chi connectivity index (χ0) is 16.3. The van der Waals surface area contributed by atoms with Gasteiger partial charge in [-0.2, -0.15) is 0 Å². The van der Waals surface area contributed by atoms with Crippen molar-refractivity contribution >= 4 is 35.6 Å². The summed E-state index contributed by atoms with van der Waals surface area (Å²) in [6.07, 6.45) is 0. The lowest BCUT2D eigenvalue weighted by atomic mass is 10.00. The van der Waals surface area contributed by atoms with Crippen molar-refractivity contribution in [3.8, 4) is 0 Å². The molecule has 1 aromatic heterocycles. The number of nitrogens with one attached hydrogen (secondary N) is 1. The molecule has 0 spiro atoms. The second-order valence-corrected chi connectivity index (χ2v) is 5.11. The number of aryl methyl sites for hydroxylation is 2. The van der Waals surface area contributed by atoms with Crippen LogP contribution in [0.4, 0.5) is 14.5 Å². The van der Waals surface area contributed by atoms with E-state index in [1.165, 1.54) is 0 Å². The average Bonchev–Trinajstić information content (AvgIpc) is 2.80. The molecule has 0 saturated carbocycles. The van der Waals surface area contributed by atoms with Gasteiger partial charge in [0.1, 0.15) is 17.4 Å². The van der Waals surface area contributed by atoms with Crippen LogP contribution in [-0.2, 0) is 0 Å². The third-order valence-corrected chi connectivity index (χ3v) is 3.31. The van der Waals surface area contributed by atoms with Crippen molar-refractivity contribution in [1.82, 2.24) is 5.16 Å². The maximum Gasteiger partial charge on any atom is 0.193 e. The van der Waals surface area contributed by atoms with Crippen molar-refractivity contribution in [2.24, 2.45) is 10.7 Å². The minimum absolute atomic E-state index is 0. The number of halogens is 3. The van der Waals surface area contributed by atoms with Crippen LogP contribution in [0.3, 0.4) is 0 Å². The Morgan fingerprint density at radius 1 is 1.39 bits per heavy atom. The first kappa shape index (κ1) is 19.3. The smallest absolute Gasteiger partial charge is 0.193 e. The summed E-state index contributed by atoms with van der Waals surface area (Å²) in [6, 6.07) is 3.08. The van der Waals surface area contributed by atoms with Crippen molar-refractivity contribution in [2.45, 2.75) is 26.7 Å². The third kappa shape index (κ3) is 4.88. The molecule has 0 saturated heterocycles. The normalized spacial score (nSPS) is 12.7. The molecule has 1 atom stereocenters. The van der Waals surface area contributed by atoms with Gasteiger partial charge in [0.15, 0.2) is 5.96 Å². The number of aromatic nitrogens is 1. The van der Waals surface area contributed by atoms with Crippen LogP contribution in [0, 0.1) is 25.5 Å². The first-order chi connectivity index (χ1) is 10.4. The quantitative estimate of drug-likeness (QED) is 0.435. The molecule has 5 nitrogen and oxygen atoms in total. The number of nitrogens with two attached hydrogens (primary N) is 1. The van der Waals surface area contributed by atoms with Crippen molar-refractivity contribution < 1.29 is 13.3 Å². The molecule has 8 heteroatoms. The van der Waals surface area contributed by atoms with Crippen LogP contribution in [0.1, 0.15) is 29.9 Å². The van der Waals surface area contributed by atoms with E-state index in [0.717, 1.165) is 35.2 Å². The Balaban J connectivity index is 0.00000264. The molecular weight excluding hydrogens is 417 g/mol. The fraction of sp³-hybridized carbons (Fsp3) is 0.333. The van der Waals surface area contributed by atoms with E-state index in [9.17, 15) is 8.78 Å². The molecule has 0 aliphatic heterocycles. The molecule has 0 fully saturated rings. The maximum atomic E-state index is 13.5. The molecule has 0 amide bonds. The minimum Gasteiger partial charge on any atom is -0.370 e. The van der Waals surface area contributed by atoms with E-state index in [2.05, 4.69) is 15.5 Å². The van der Waals surface area contributed by atoms with Crippen LogP contribution in [-0.4, -0.2) is 17.7 Å². The van der Waals surface area contributed by atoms with Crippen molar-refractivity contribution in [3.63, 3.8) is 0 Å². The number of aliphatic imine (C=N–C) groups is 1. The highest BCUT2D eigenvalue weighted by Crippen LogP contribution is 2.23. The van der Waals surface area contributed by atoms with Crippen molar-refractivity contribution in [1.29, 1.82) is 0 Å². The zero-order valence-corrected chi connectivity index (χ0v) is 15.4. The van der Waals surface area contributed by atoms with Gasteiger partial charge in [0, 0.05) is 24.1 Å². The van der Waals surface area contributed by atoms with E-state index < -0.39 is 11.6 Å². The summed E-state index contributed by atoms with van der Waals surface area (Å²) in [4.78, 5) is 4.15. The van der Waals surface area contributed by atoms with Gasteiger partial charge in [-0.3, -0.25) is 4.99 Å². The molecule has 3 N–H and O–H groups in total. The highest BCUT2D eigenvalue weighted by Gasteiger charge is 2.16. The second-order valence-electron chi connectivity index (χ2n) is 5.11. The Morgan fingerprint density at radius 2 is 2.09 bits per heavy atom. The predicted octanol–water partition coefficient (Wildman–Crippen LogP) is 3.72. The standard InChI is InChI=1S/C15H18F2N4O.HI/c1-8(14-9(2)21-22-10(14)3)7-19-15(18)20-13-6-11(16)4-5-12(13)17;/h4-6,8H,7H2,1-3H3,(H3,18,19,20);1H. The minimum atomic E-state index is -0.599. The Morgan fingerprint density at radius 3 is 2.70 bits per heavy atom. The number of hydrogen-bond donors (Lipinski definition) is 2. The van der Waals surface area contributed by atoms with Gasteiger partial charge in [-0.25, -0.2) is 8.78 Å². The summed E-state index contributed by atoms with van der Waals surface area (Å²) in [5.41, 5.74) is 7.45. The largest absolute Gasteiger partial charge is 0.370 e. The maximum absolute atomic E-state index is 13.5. The van der Waals surface area contributed by atoms with E-state index in [1.807, 2.05) is 20.8 Å². The van der Waals surface area contributed by atoms with E-state index in [-0.39, 0.29) is 41.5 Å².